The van der Waals surface area contributed by atoms with E-state index < -0.39 is 0 Å². The largest absolute Gasteiger partial charge is 0.483 e. The molecule has 0 unspecified atom stereocenters. The Morgan fingerprint density at radius 2 is 2.14 bits per heavy atom. The van der Waals surface area contributed by atoms with Crippen LogP contribution in [0.2, 0.25) is 0 Å². The van der Waals surface area contributed by atoms with Gasteiger partial charge in [-0.2, -0.15) is 5.26 Å². The van der Waals surface area contributed by atoms with Gasteiger partial charge >= 0.3 is 0 Å². The van der Waals surface area contributed by atoms with Gasteiger partial charge in [0, 0.05) is 7.05 Å². The molecule has 0 saturated carbocycles. The lowest BCUT2D eigenvalue weighted by Gasteiger charge is -1.60. The molecule has 0 rings (SSSR count). The summed E-state index contributed by atoms with van der Waals surface area (Å²) in [6, 6.07) is 0. The first-order valence-electron chi connectivity index (χ1n) is 1.47. The fourth-order valence-corrected chi connectivity index (χ4v) is 0. The van der Waals surface area contributed by atoms with E-state index in [2.05, 4.69) is 5.32 Å². The van der Waals surface area contributed by atoms with Gasteiger partial charge in [0.25, 0.3) is 6.47 Å². The monoisotopic (exact) mass is 102 g/mol. The molecule has 0 aliphatic carbocycles. The molecule has 0 heterocycles. The Morgan fingerprint density at radius 1 is 2.00 bits per heavy atom. The lowest BCUT2D eigenvalue weighted by Crippen LogP contribution is -1.89. The van der Waals surface area contributed by atoms with Crippen molar-refractivity contribution in [3.8, 4) is 6.19 Å². The van der Waals surface area contributed by atoms with Crippen molar-refractivity contribution in [2.45, 2.75) is 0 Å². The zero-order valence-electron chi connectivity index (χ0n) is 3.88. The van der Waals surface area contributed by atoms with Crippen LogP contribution in [0.5, 0.6) is 0 Å². The highest BCUT2D eigenvalue weighted by atomic mass is 16.3. The van der Waals surface area contributed by atoms with E-state index in [0.717, 1.165) is 0 Å². The van der Waals surface area contributed by atoms with Crippen LogP contribution in [0.15, 0.2) is 0 Å². The van der Waals surface area contributed by atoms with Crippen LogP contribution in [0.1, 0.15) is 0 Å². The predicted molar refractivity (Wildman–Crippen MR) is 23.4 cm³/mol. The average molecular weight is 102 g/mol. The molecule has 0 aliphatic heterocycles. The quantitative estimate of drug-likeness (QED) is 0.243. The summed E-state index contributed by atoms with van der Waals surface area (Å²) in [5, 5.41) is 16.6. The van der Waals surface area contributed by atoms with Gasteiger partial charge in [0.2, 0.25) is 0 Å². The molecule has 0 aliphatic rings. The first kappa shape index (κ1) is 9.23. The summed E-state index contributed by atoms with van der Waals surface area (Å²) in [6.45, 7) is -0.250. The van der Waals surface area contributed by atoms with Crippen LogP contribution in [0.3, 0.4) is 0 Å². The summed E-state index contributed by atoms with van der Waals surface area (Å²) in [6.07, 6.45) is 1.68. The molecular formula is C3H6N2O2. The van der Waals surface area contributed by atoms with Crippen molar-refractivity contribution in [1.29, 1.82) is 5.26 Å². The first-order chi connectivity index (χ1) is 3.33. The summed E-state index contributed by atoms with van der Waals surface area (Å²) < 4.78 is 0. The van der Waals surface area contributed by atoms with Crippen LogP contribution < -0.4 is 5.32 Å². The van der Waals surface area contributed by atoms with Gasteiger partial charge in [-0.15, -0.1) is 0 Å². The Bertz CT molecular complexity index is 65.8. The maximum Gasteiger partial charge on any atom is 0.290 e. The highest BCUT2D eigenvalue weighted by molar-refractivity contribution is 5.32. The lowest BCUT2D eigenvalue weighted by atomic mass is 11.2. The van der Waals surface area contributed by atoms with Crippen molar-refractivity contribution < 1.29 is 9.90 Å². The van der Waals surface area contributed by atoms with Crippen molar-refractivity contribution in [3.63, 3.8) is 0 Å². The molecule has 2 N–H and O–H groups in total. The van der Waals surface area contributed by atoms with Crippen molar-refractivity contribution in [1.82, 2.24) is 5.32 Å². The molecule has 4 heteroatoms. The van der Waals surface area contributed by atoms with Crippen LogP contribution in [0, 0.1) is 11.5 Å². The maximum absolute atomic E-state index is 8.36. The second-order valence-corrected chi connectivity index (χ2v) is 0.467. The molecule has 7 heavy (non-hydrogen) atoms. The fraction of sp³-hybridized carbons (Fsp3) is 0.333. The van der Waals surface area contributed by atoms with Crippen LogP contribution in [0.4, 0.5) is 0 Å². The van der Waals surface area contributed by atoms with Gasteiger partial charge < -0.3 is 10.4 Å². The van der Waals surface area contributed by atoms with Gasteiger partial charge in [0.15, 0.2) is 6.19 Å². The van der Waals surface area contributed by atoms with Crippen molar-refractivity contribution in [3.05, 3.63) is 0 Å². The van der Waals surface area contributed by atoms with E-state index >= 15 is 0 Å². The summed E-state index contributed by atoms with van der Waals surface area (Å²) in [5.41, 5.74) is 0. The Kier molecular flexibility index (Phi) is 28.6. The second kappa shape index (κ2) is 21.7. The van der Waals surface area contributed by atoms with Gasteiger partial charge in [-0.25, -0.2) is 0 Å². The van der Waals surface area contributed by atoms with Gasteiger partial charge in [-0.1, -0.05) is 0 Å². The Labute approximate surface area is 41.4 Å². The van der Waals surface area contributed by atoms with Crippen molar-refractivity contribution in [2.75, 3.05) is 7.05 Å². The van der Waals surface area contributed by atoms with E-state index in [9.17, 15) is 0 Å². The zero-order valence-corrected chi connectivity index (χ0v) is 3.88. The molecule has 0 radical (unpaired) electrons. The molecule has 40 valence electrons. The topological polar surface area (TPSA) is 73.1 Å². The molecule has 0 aromatic carbocycles. The smallest absolute Gasteiger partial charge is 0.290 e. The molecule has 0 fully saturated rings. The third-order valence-corrected chi connectivity index (χ3v) is 0.112. The van der Waals surface area contributed by atoms with E-state index in [1.807, 2.05) is 0 Å². The number of nitriles is 1. The van der Waals surface area contributed by atoms with E-state index in [-0.39, 0.29) is 6.47 Å². The number of carboxylic acid groups (broad SMARTS) is 1. The summed E-state index contributed by atoms with van der Waals surface area (Å²) in [7, 11) is 1.57. The first-order valence-corrected chi connectivity index (χ1v) is 1.47. The highest BCUT2D eigenvalue weighted by Gasteiger charge is 1.39. The number of carbonyl (C=O) groups is 1. The summed E-state index contributed by atoms with van der Waals surface area (Å²) in [4.78, 5) is 8.36. The predicted octanol–water partition coefficient (Wildman–Crippen LogP) is -0.612. The van der Waals surface area contributed by atoms with Gasteiger partial charge in [0.05, 0.1) is 0 Å². The number of nitrogens with one attached hydrogen (secondary N) is 1. The molecule has 0 saturated heterocycles. The molecular weight excluding hydrogens is 96.0 g/mol. The minimum Gasteiger partial charge on any atom is -0.483 e. The SMILES string of the molecule is CNC#N.O=CO. The van der Waals surface area contributed by atoms with E-state index in [0.29, 0.717) is 0 Å². The normalized spacial score (nSPS) is 4.00. The molecule has 0 atom stereocenters. The minimum absolute atomic E-state index is 0.250. The van der Waals surface area contributed by atoms with E-state index in [1.54, 1.807) is 13.2 Å². The molecule has 4 nitrogen and oxygen atoms in total. The molecule has 0 aromatic heterocycles. The number of nitrogens with zero attached hydrogens (tertiary/aromatic N) is 1. The molecule has 0 spiro atoms. The van der Waals surface area contributed by atoms with Crippen LogP contribution in [-0.2, 0) is 4.79 Å². The molecule has 0 aromatic rings. The standard InChI is InChI=1S/C2H4N2.CH2O2/c1-4-2-3;2-1-3/h4H,1H3;1H,(H,2,3). The van der Waals surface area contributed by atoms with Gasteiger partial charge in [-0.05, 0) is 0 Å². The highest BCUT2D eigenvalue weighted by Crippen LogP contribution is 1.17. The van der Waals surface area contributed by atoms with Crippen LogP contribution >= 0.6 is 0 Å². The van der Waals surface area contributed by atoms with Crippen molar-refractivity contribution in [2.24, 2.45) is 0 Å². The Balaban J connectivity index is 0. The van der Waals surface area contributed by atoms with Crippen LogP contribution in [-0.4, -0.2) is 18.6 Å². The maximum atomic E-state index is 8.36. The van der Waals surface area contributed by atoms with Gasteiger partial charge in [-0.3, -0.25) is 4.79 Å². The van der Waals surface area contributed by atoms with E-state index in [4.69, 9.17) is 15.2 Å². The molecule has 0 bridgehead atoms. The summed E-state index contributed by atoms with van der Waals surface area (Å²) in [5.74, 6) is 0. The fourth-order valence-electron chi connectivity index (χ4n) is 0. The second-order valence-electron chi connectivity index (χ2n) is 0.467. The minimum atomic E-state index is -0.250. The number of rotatable bonds is 0. The van der Waals surface area contributed by atoms with Crippen LogP contribution in [0.25, 0.3) is 0 Å². The lowest BCUT2D eigenvalue weighted by molar-refractivity contribution is -0.122. The zero-order chi connectivity index (χ0) is 6.12. The summed E-state index contributed by atoms with van der Waals surface area (Å²) >= 11 is 0. The average Bonchev–Trinajstić information content (AvgIpc) is 1.69. The Hall–Kier alpha value is -1.24. The third kappa shape index (κ3) is 630. The van der Waals surface area contributed by atoms with Crippen molar-refractivity contribution >= 4 is 6.47 Å². The van der Waals surface area contributed by atoms with Gasteiger partial charge in [0.1, 0.15) is 0 Å². The number of hydrogen-bond donors (Lipinski definition) is 2. The van der Waals surface area contributed by atoms with E-state index in [1.165, 1.54) is 0 Å². The Morgan fingerprint density at radius 3 is 2.14 bits per heavy atom. The molecule has 0 amide bonds. The third-order valence-electron chi connectivity index (χ3n) is 0.112. The number of hydrogen-bond acceptors (Lipinski definition) is 3.